The van der Waals surface area contributed by atoms with Crippen LogP contribution in [-0.4, -0.2) is 26.6 Å². The molecule has 28 heavy (non-hydrogen) atoms. The average Bonchev–Trinajstić information content (AvgIpc) is 3.40. The van der Waals surface area contributed by atoms with Crippen LogP contribution in [0.4, 0.5) is 5.69 Å². The summed E-state index contributed by atoms with van der Waals surface area (Å²) in [5.74, 6) is 0.138. The summed E-state index contributed by atoms with van der Waals surface area (Å²) in [5.41, 5.74) is 3.28. The van der Waals surface area contributed by atoms with E-state index >= 15 is 0 Å². The molecule has 2 amide bonds. The molecule has 4 rings (SSSR count). The van der Waals surface area contributed by atoms with E-state index in [4.69, 9.17) is 0 Å². The fraction of sp³-hybridized carbons (Fsp3) is 0.238. The Hall–Kier alpha value is -3.48. The second-order valence-electron chi connectivity index (χ2n) is 7.00. The van der Waals surface area contributed by atoms with E-state index in [9.17, 15) is 9.59 Å². The predicted molar refractivity (Wildman–Crippen MR) is 105 cm³/mol. The van der Waals surface area contributed by atoms with Crippen molar-refractivity contribution in [1.82, 2.24) is 20.1 Å². The molecule has 0 aliphatic heterocycles. The minimum Gasteiger partial charge on any atom is -0.352 e. The van der Waals surface area contributed by atoms with Crippen LogP contribution in [-0.2, 0) is 18.4 Å². The summed E-state index contributed by atoms with van der Waals surface area (Å²) >= 11 is 0. The van der Waals surface area contributed by atoms with Gasteiger partial charge in [0.2, 0.25) is 5.91 Å². The number of carbonyl (C=O) groups is 2. The first-order valence-corrected chi connectivity index (χ1v) is 9.17. The van der Waals surface area contributed by atoms with E-state index in [-0.39, 0.29) is 23.7 Å². The molecule has 7 heteroatoms. The molecule has 1 aromatic carbocycles. The summed E-state index contributed by atoms with van der Waals surface area (Å²) in [6, 6.07) is 10.8. The van der Waals surface area contributed by atoms with Gasteiger partial charge in [-0.15, -0.1) is 0 Å². The summed E-state index contributed by atoms with van der Waals surface area (Å²) in [6.45, 7) is 0.425. The Morgan fingerprint density at radius 3 is 2.79 bits per heavy atom. The lowest BCUT2D eigenvalue weighted by Crippen LogP contribution is -2.25. The topological polar surface area (TPSA) is 88.9 Å². The van der Waals surface area contributed by atoms with E-state index in [1.54, 1.807) is 29.2 Å². The number of aryl methyl sites for hydroxylation is 1. The van der Waals surface area contributed by atoms with Crippen LogP contribution in [0.15, 0.2) is 61.2 Å². The highest BCUT2D eigenvalue weighted by atomic mass is 16.2. The van der Waals surface area contributed by atoms with Crippen molar-refractivity contribution in [3.63, 3.8) is 0 Å². The fourth-order valence-corrected chi connectivity index (χ4v) is 3.27. The van der Waals surface area contributed by atoms with Gasteiger partial charge in [0, 0.05) is 49.4 Å². The zero-order valence-corrected chi connectivity index (χ0v) is 15.5. The number of nitrogens with zero attached hydrogens (tertiary/aromatic N) is 3. The molecule has 0 bridgehead atoms. The van der Waals surface area contributed by atoms with Gasteiger partial charge in [0.25, 0.3) is 5.91 Å². The third-order valence-electron chi connectivity index (χ3n) is 4.87. The Balaban J connectivity index is 1.31. The minimum atomic E-state index is -0.194. The molecule has 0 spiro atoms. The summed E-state index contributed by atoms with van der Waals surface area (Å²) in [6.07, 6.45) is 7.81. The fourth-order valence-electron chi connectivity index (χ4n) is 3.27. The highest BCUT2D eigenvalue weighted by Gasteiger charge is 2.44. The van der Waals surface area contributed by atoms with Crippen molar-refractivity contribution >= 4 is 17.5 Å². The Bertz CT molecular complexity index is 999. The van der Waals surface area contributed by atoms with Gasteiger partial charge in [0.1, 0.15) is 0 Å². The predicted octanol–water partition coefficient (Wildman–Crippen LogP) is 2.49. The number of amides is 2. The molecule has 1 aliphatic rings. The number of rotatable bonds is 6. The van der Waals surface area contributed by atoms with Gasteiger partial charge in [0.05, 0.1) is 6.20 Å². The maximum Gasteiger partial charge on any atom is 0.255 e. The van der Waals surface area contributed by atoms with E-state index in [2.05, 4.69) is 20.7 Å². The highest BCUT2D eigenvalue weighted by molar-refractivity contribution is 6.04. The van der Waals surface area contributed by atoms with Crippen molar-refractivity contribution < 1.29 is 9.59 Å². The number of hydrogen-bond acceptors (Lipinski definition) is 4. The molecule has 1 aliphatic carbocycles. The van der Waals surface area contributed by atoms with E-state index in [1.165, 1.54) is 0 Å². The molecule has 142 valence electrons. The number of pyridine rings is 1. The second-order valence-corrected chi connectivity index (χ2v) is 7.00. The van der Waals surface area contributed by atoms with Crippen molar-refractivity contribution in [3.05, 3.63) is 77.9 Å². The van der Waals surface area contributed by atoms with Gasteiger partial charge in [0.15, 0.2) is 0 Å². The molecule has 2 unspecified atom stereocenters. The van der Waals surface area contributed by atoms with Crippen molar-refractivity contribution in [3.8, 4) is 0 Å². The third kappa shape index (κ3) is 4.09. The smallest absolute Gasteiger partial charge is 0.255 e. The summed E-state index contributed by atoms with van der Waals surface area (Å²) < 4.78 is 1.76. The van der Waals surface area contributed by atoms with Crippen molar-refractivity contribution in [2.24, 2.45) is 13.0 Å². The van der Waals surface area contributed by atoms with Gasteiger partial charge >= 0.3 is 0 Å². The van der Waals surface area contributed by atoms with Gasteiger partial charge in [-0.05, 0) is 47.7 Å². The van der Waals surface area contributed by atoms with E-state index < -0.39 is 0 Å². The lowest BCUT2D eigenvalue weighted by molar-refractivity contribution is -0.122. The van der Waals surface area contributed by atoms with Crippen LogP contribution >= 0.6 is 0 Å². The summed E-state index contributed by atoms with van der Waals surface area (Å²) in [5, 5.41) is 10.0. The monoisotopic (exact) mass is 375 g/mol. The second kappa shape index (κ2) is 7.64. The lowest BCUT2D eigenvalue weighted by Gasteiger charge is -2.09. The molecule has 0 saturated heterocycles. The summed E-state index contributed by atoms with van der Waals surface area (Å²) in [7, 11) is 1.88. The number of benzene rings is 1. The SMILES string of the molecule is Cn1cc(C2CC2C(=O)NCc2cccc(NC(=O)c3ccncc3)c2)cn1. The number of nitrogens with one attached hydrogen (secondary N) is 2. The van der Waals surface area contributed by atoms with E-state index in [0.29, 0.717) is 17.8 Å². The minimum absolute atomic E-state index is 0.0128. The normalized spacial score (nSPS) is 17.8. The molecule has 3 aromatic rings. The molecule has 2 atom stereocenters. The maximum absolute atomic E-state index is 12.4. The average molecular weight is 375 g/mol. The molecule has 2 heterocycles. The zero-order valence-electron chi connectivity index (χ0n) is 15.5. The number of carbonyl (C=O) groups excluding carboxylic acids is 2. The molecule has 7 nitrogen and oxygen atoms in total. The van der Waals surface area contributed by atoms with Crippen LogP contribution < -0.4 is 10.6 Å². The molecule has 2 aromatic heterocycles. The van der Waals surface area contributed by atoms with Gasteiger partial charge in [-0.3, -0.25) is 19.3 Å². The molecule has 1 fully saturated rings. The quantitative estimate of drug-likeness (QED) is 0.693. The van der Waals surface area contributed by atoms with Gasteiger partial charge in [-0.2, -0.15) is 5.10 Å². The van der Waals surface area contributed by atoms with Gasteiger partial charge < -0.3 is 10.6 Å². The first-order valence-electron chi connectivity index (χ1n) is 9.17. The Kier molecular flexibility index (Phi) is 4.89. The van der Waals surface area contributed by atoms with Crippen LogP contribution in [0.3, 0.4) is 0 Å². The van der Waals surface area contributed by atoms with E-state index in [1.807, 2.05) is 43.7 Å². The van der Waals surface area contributed by atoms with Crippen LogP contribution in [0.25, 0.3) is 0 Å². The largest absolute Gasteiger partial charge is 0.352 e. The van der Waals surface area contributed by atoms with Crippen molar-refractivity contribution in [1.29, 1.82) is 0 Å². The maximum atomic E-state index is 12.4. The van der Waals surface area contributed by atoms with Crippen molar-refractivity contribution in [2.75, 3.05) is 5.32 Å². The first-order chi connectivity index (χ1) is 13.6. The summed E-state index contributed by atoms with van der Waals surface area (Å²) in [4.78, 5) is 28.6. The number of aromatic nitrogens is 3. The highest BCUT2D eigenvalue weighted by Crippen LogP contribution is 2.47. The number of anilines is 1. The van der Waals surface area contributed by atoms with Gasteiger partial charge in [-0.25, -0.2) is 0 Å². The van der Waals surface area contributed by atoms with Crippen LogP contribution in [0, 0.1) is 5.92 Å². The standard InChI is InChI=1S/C21H21N5O2/c1-26-13-16(12-24-26)18-10-19(18)21(28)23-11-14-3-2-4-17(9-14)25-20(27)15-5-7-22-8-6-15/h2-9,12-13,18-19H,10-11H2,1H3,(H,23,28)(H,25,27). The Morgan fingerprint density at radius 2 is 2.04 bits per heavy atom. The van der Waals surface area contributed by atoms with Crippen molar-refractivity contribution in [2.45, 2.75) is 18.9 Å². The molecule has 1 saturated carbocycles. The van der Waals surface area contributed by atoms with Crippen LogP contribution in [0.2, 0.25) is 0 Å². The third-order valence-corrected chi connectivity index (χ3v) is 4.87. The zero-order chi connectivity index (χ0) is 19.5. The lowest BCUT2D eigenvalue weighted by atomic mass is 10.1. The van der Waals surface area contributed by atoms with Crippen LogP contribution in [0.1, 0.15) is 33.8 Å². The Labute approximate surface area is 162 Å². The molecular weight excluding hydrogens is 354 g/mol. The molecule has 0 radical (unpaired) electrons. The first kappa shape index (κ1) is 17.9. The van der Waals surface area contributed by atoms with Gasteiger partial charge in [-0.1, -0.05) is 12.1 Å². The molecule has 2 N–H and O–H groups in total. The molecular formula is C21H21N5O2. The van der Waals surface area contributed by atoms with Crippen LogP contribution in [0.5, 0.6) is 0 Å². The number of hydrogen-bond donors (Lipinski definition) is 2. The Morgan fingerprint density at radius 1 is 1.21 bits per heavy atom. The van der Waals surface area contributed by atoms with E-state index in [0.717, 1.165) is 17.5 Å².